The Bertz CT molecular complexity index is 717. The lowest BCUT2D eigenvalue weighted by Crippen LogP contribution is -2.43. The number of carbonyl (C=O) groups is 2. The molecule has 4 nitrogen and oxygen atoms in total. The molecule has 0 saturated heterocycles. The summed E-state index contributed by atoms with van der Waals surface area (Å²) in [5.41, 5.74) is 1.53. The molecule has 1 atom stereocenters. The molecule has 0 spiro atoms. The monoisotopic (exact) mass is 356 g/mol. The van der Waals surface area contributed by atoms with Crippen LogP contribution in [0, 0.1) is 5.82 Å². The summed E-state index contributed by atoms with van der Waals surface area (Å²) in [6.45, 7) is 4.54. The van der Waals surface area contributed by atoms with Gasteiger partial charge in [0.25, 0.3) is 0 Å². The van der Waals surface area contributed by atoms with E-state index >= 15 is 0 Å². The number of carbonyl (C=O) groups excluding carboxylic acids is 2. The topological polar surface area (TPSA) is 49.4 Å². The Kier molecular flexibility index (Phi) is 7.33. The zero-order valence-corrected chi connectivity index (χ0v) is 15.2. The van der Waals surface area contributed by atoms with E-state index in [-0.39, 0.29) is 30.6 Å². The van der Waals surface area contributed by atoms with Crippen molar-refractivity contribution in [2.24, 2.45) is 0 Å². The van der Waals surface area contributed by atoms with Crippen molar-refractivity contribution in [3.8, 4) is 0 Å². The van der Waals surface area contributed by atoms with Crippen LogP contribution in [0.1, 0.15) is 43.9 Å². The minimum Gasteiger partial charge on any atom is -0.354 e. The second kappa shape index (κ2) is 9.70. The molecule has 0 aliphatic carbocycles. The molecule has 2 amide bonds. The van der Waals surface area contributed by atoms with Crippen LogP contribution >= 0.6 is 0 Å². The molecular formula is C21H25FN2O2. The van der Waals surface area contributed by atoms with Crippen molar-refractivity contribution in [1.82, 2.24) is 10.2 Å². The molecule has 0 saturated carbocycles. The fraction of sp³-hybridized carbons (Fsp3) is 0.333. The van der Waals surface area contributed by atoms with Crippen molar-refractivity contribution in [2.45, 2.75) is 39.3 Å². The van der Waals surface area contributed by atoms with Crippen LogP contribution in [0.4, 0.5) is 4.39 Å². The summed E-state index contributed by atoms with van der Waals surface area (Å²) < 4.78 is 13.2. The van der Waals surface area contributed by atoms with E-state index in [2.05, 4.69) is 5.32 Å². The molecule has 0 radical (unpaired) electrons. The smallest absolute Gasteiger partial charge is 0.247 e. The van der Waals surface area contributed by atoms with E-state index in [1.54, 1.807) is 24.0 Å². The molecule has 0 heterocycles. The maximum Gasteiger partial charge on any atom is 0.247 e. The van der Waals surface area contributed by atoms with Crippen LogP contribution in [0.2, 0.25) is 0 Å². The summed E-state index contributed by atoms with van der Waals surface area (Å²) >= 11 is 0. The van der Waals surface area contributed by atoms with Crippen molar-refractivity contribution in [3.63, 3.8) is 0 Å². The van der Waals surface area contributed by atoms with Crippen LogP contribution < -0.4 is 5.32 Å². The Morgan fingerprint density at radius 1 is 1.04 bits per heavy atom. The van der Waals surface area contributed by atoms with Crippen LogP contribution in [-0.2, 0) is 16.1 Å². The van der Waals surface area contributed by atoms with Gasteiger partial charge in [0.1, 0.15) is 11.9 Å². The third-order valence-corrected chi connectivity index (χ3v) is 4.11. The number of rotatable bonds is 8. The molecule has 2 aromatic rings. The molecule has 0 aromatic heterocycles. The van der Waals surface area contributed by atoms with Crippen molar-refractivity contribution in [3.05, 3.63) is 71.5 Å². The Hall–Kier alpha value is -2.69. The van der Waals surface area contributed by atoms with Crippen molar-refractivity contribution >= 4 is 11.8 Å². The van der Waals surface area contributed by atoms with Gasteiger partial charge in [0.05, 0.1) is 0 Å². The zero-order chi connectivity index (χ0) is 18.9. The van der Waals surface area contributed by atoms with Crippen LogP contribution in [-0.4, -0.2) is 23.3 Å². The predicted molar refractivity (Wildman–Crippen MR) is 99.7 cm³/mol. The van der Waals surface area contributed by atoms with Gasteiger partial charge in [0.15, 0.2) is 0 Å². The average molecular weight is 356 g/mol. The number of nitrogens with zero attached hydrogens (tertiary/aromatic N) is 1. The van der Waals surface area contributed by atoms with Gasteiger partial charge < -0.3 is 10.2 Å². The molecule has 0 unspecified atom stereocenters. The maximum absolute atomic E-state index is 13.2. The SMILES string of the molecule is CCCNC(=O)[C@H](c1ccccc1)N(Cc1ccc(F)cc1)C(=O)CC. The maximum atomic E-state index is 13.2. The third-order valence-electron chi connectivity index (χ3n) is 4.11. The van der Waals surface area contributed by atoms with Crippen molar-refractivity contribution in [2.75, 3.05) is 6.54 Å². The van der Waals surface area contributed by atoms with Crippen molar-refractivity contribution in [1.29, 1.82) is 0 Å². The summed E-state index contributed by atoms with van der Waals surface area (Å²) in [6, 6.07) is 14.5. The molecular weight excluding hydrogens is 331 g/mol. The quantitative estimate of drug-likeness (QED) is 0.781. The van der Waals surface area contributed by atoms with Gasteiger partial charge in [-0.25, -0.2) is 4.39 Å². The van der Waals surface area contributed by atoms with E-state index in [9.17, 15) is 14.0 Å². The zero-order valence-electron chi connectivity index (χ0n) is 15.2. The van der Waals surface area contributed by atoms with E-state index in [0.29, 0.717) is 6.54 Å². The number of halogens is 1. The van der Waals surface area contributed by atoms with E-state index in [1.165, 1.54) is 12.1 Å². The molecule has 26 heavy (non-hydrogen) atoms. The Labute approximate surface area is 154 Å². The number of amides is 2. The normalized spacial score (nSPS) is 11.7. The van der Waals surface area contributed by atoms with Crippen LogP contribution in [0.25, 0.3) is 0 Å². The fourth-order valence-corrected chi connectivity index (χ4v) is 2.77. The molecule has 0 aliphatic heterocycles. The highest BCUT2D eigenvalue weighted by atomic mass is 19.1. The van der Waals surface area contributed by atoms with E-state index in [4.69, 9.17) is 0 Å². The highest BCUT2D eigenvalue weighted by molar-refractivity contribution is 5.88. The molecule has 2 aromatic carbocycles. The van der Waals surface area contributed by atoms with E-state index in [1.807, 2.05) is 37.3 Å². The fourth-order valence-electron chi connectivity index (χ4n) is 2.77. The van der Waals surface area contributed by atoms with Gasteiger partial charge in [-0.3, -0.25) is 9.59 Å². The van der Waals surface area contributed by atoms with Crippen LogP contribution in [0.3, 0.4) is 0 Å². The number of nitrogens with one attached hydrogen (secondary N) is 1. The molecule has 2 rings (SSSR count). The minimum absolute atomic E-state index is 0.130. The highest BCUT2D eigenvalue weighted by Crippen LogP contribution is 2.24. The highest BCUT2D eigenvalue weighted by Gasteiger charge is 2.30. The predicted octanol–water partition coefficient (Wildman–Crippen LogP) is 3.83. The van der Waals surface area contributed by atoms with Crippen LogP contribution in [0.15, 0.2) is 54.6 Å². The molecule has 138 valence electrons. The Morgan fingerprint density at radius 2 is 1.69 bits per heavy atom. The summed E-state index contributed by atoms with van der Waals surface area (Å²) in [6.07, 6.45) is 1.10. The first kappa shape index (κ1) is 19.6. The van der Waals surface area contributed by atoms with Gasteiger partial charge in [-0.2, -0.15) is 0 Å². The van der Waals surface area contributed by atoms with E-state index < -0.39 is 6.04 Å². The van der Waals surface area contributed by atoms with E-state index in [0.717, 1.165) is 17.5 Å². The first-order chi connectivity index (χ1) is 12.6. The van der Waals surface area contributed by atoms with Gasteiger partial charge in [0, 0.05) is 19.5 Å². The average Bonchev–Trinajstić information content (AvgIpc) is 2.67. The second-order valence-corrected chi connectivity index (χ2v) is 6.11. The number of hydrogen-bond acceptors (Lipinski definition) is 2. The standard InChI is InChI=1S/C21H25FN2O2/c1-3-14-23-21(26)20(17-8-6-5-7-9-17)24(19(25)4-2)15-16-10-12-18(22)13-11-16/h5-13,20H,3-4,14-15H2,1-2H3,(H,23,26)/t20-/m0/s1. The van der Waals surface area contributed by atoms with Gasteiger partial charge >= 0.3 is 0 Å². The van der Waals surface area contributed by atoms with Crippen LogP contribution in [0.5, 0.6) is 0 Å². The molecule has 0 fully saturated rings. The van der Waals surface area contributed by atoms with Gasteiger partial charge in [-0.15, -0.1) is 0 Å². The van der Waals surface area contributed by atoms with Gasteiger partial charge in [-0.1, -0.05) is 56.3 Å². The van der Waals surface area contributed by atoms with Crippen molar-refractivity contribution < 1.29 is 14.0 Å². The summed E-state index contributed by atoms with van der Waals surface area (Å²) in [7, 11) is 0. The second-order valence-electron chi connectivity index (χ2n) is 6.11. The summed E-state index contributed by atoms with van der Waals surface area (Å²) in [5.74, 6) is -0.667. The third kappa shape index (κ3) is 5.15. The lowest BCUT2D eigenvalue weighted by molar-refractivity contribution is -0.141. The largest absolute Gasteiger partial charge is 0.354 e. The molecule has 1 N–H and O–H groups in total. The number of hydrogen-bond donors (Lipinski definition) is 1. The Balaban J connectivity index is 2.38. The Morgan fingerprint density at radius 3 is 2.27 bits per heavy atom. The van der Waals surface area contributed by atoms with Gasteiger partial charge in [-0.05, 0) is 29.7 Å². The summed E-state index contributed by atoms with van der Waals surface area (Å²) in [5, 5.41) is 2.89. The first-order valence-electron chi connectivity index (χ1n) is 8.93. The lowest BCUT2D eigenvalue weighted by atomic mass is 10.0. The number of benzene rings is 2. The first-order valence-corrected chi connectivity index (χ1v) is 8.93. The molecule has 0 aliphatic rings. The summed E-state index contributed by atoms with van der Waals surface area (Å²) in [4.78, 5) is 27.1. The minimum atomic E-state index is -0.722. The lowest BCUT2D eigenvalue weighted by Gasteiger charge is -2.31. The van der Waals surface area contributed by atoms with Gasteiger partial charge in [0.2, 0.25) is 11.8 Å². The molecule has 0 bridgehead atoms. The molecule has 5 heteroatoms.